The van der Waals surface area contributed by atoms with E-state index in [1.165, 1.54) is 13.0 Å². The Morgan fingerprint density at radius 1 is 1.30 bits per heavy atom. The maximum Gasteiger partial charge on any atom is 0.513 e. The minimum Gasteiger partial charge on any atom is -0.469 e. The molecule has 0 bridgehead atoms. The number of carbonyl (C=O) groups excluding carboxylic acids is 3. The van der Waals surface area contributed by atoms with Gasteiger partial charge in [0.15, 0.2) is 5.78 Å². The third-order valence-corrected chi connectivity index (χ3v) is 7.02. The van der Waals surface area contributed by atoms with E-state index < -0.39 is 55.5 Å². The predicted octanol–water partition coefficient (Wildman–Crippen LogP) is 4.21. The molecule has 0 heterocycles. The second kappa shape index (κ2) is 11.5. The summed E-state index contributed by atoms with van der Waals surface area (Å²) in [6.07, 6.45) is 1.34. The fourth-order valence-electron chi connectivity index (χ4n) is 3.23. The van der Waals surface area contributed by atoms with Crippen molar-refractivity contribution in [3.8, 4) is 0 Å². The number of sulfonamides is 1. The number of ketones is 1. The number of methoxy groups -OCH3 is 1. The molecule has 0 spiro atoms. The molecular weight excluding hydrogens is 481 g/mol. The second-order valence-corrected chi connectivity index (χ2v) is 9.53. The Bertz CT molecular complexity index is 1060. The summed E-state index contributed by atoms with van der Waals surface area (Å²) in [5.74, 6) is -3.46. The summed E-state index contributed by atoms with van der Waals surface area (Å²) in [4.78, 5) is 35.8. The number of anilines is 1. The first kappa shape index (κ1) is 26.6. The standard InChI is InChI=1S/C21H25ClFNO8S/c1-4-31-21(27)32-15-7-5-6-8-16(15)33(28,29)24-14-10-9-13(23)18(19(14)22)20(26)12(2)11-17(25)30-3/h7,9-10,12,16,24H,4-6,8,11H2,1-3H3/t12?,16-/m0/s1. The first-order valence-electron chi connectivity index (χ1n) is 10.2. The molecule has 1 unspecified atom stereocenters. The van der Waals surface area contributed by atoms with Crippen molar-refractivity contribution in [2.45, 2.75) is 44.8 Å². The molecule has 1 aromatic rings. The van der Waals surface area contributed by atoms with E-state index in [4.69, 9.17) is 21.1 Å². The molecule has 0 saturated carbocycles. The number of esters is 1. The topological polar surface area (TPSA) is 125 Å². The van der Waals surface area contributed by atoms with E-state index in [0.29, 0.717) is 12.8 Å². The zero-order valence-electron chi connectivity index (χ0n) is 18.4. The van der Waals surface area contributed by atoms with E-state index in [1.807, 2.05) is 0 Å². The summed E-state index contributed by atoms with van der Waals surface area (Å²) in [6, 6.07) is 1.98. The third kappa shape index (κ3) is 6.67. The van der Waals surface area contributed by atoms with E-state index in [2.05, 4.69) is 9.46 Å². The zero-order valence-corrected chi connectivity index (χ0v) is 19.9. The van der Waals surface area contributed by atoms with Crippen molar-refractivity contribution in [3.63, 3.8) is 0 Å². The first-order valence-corrected chi connectivity index (χ1v) is 12.1. The molecule has 182 valence electrons. The number of carbonyl (C=O) groups is 3. The van der Waals surface area contributed by atoms with Gasteiger partial charge in [0, 0.05) is 5.92 Å². The molecule has 12 heteroatoms. The Balaban J connectivity index is 2.32. The molecule has 33 heavy (non-hydrogen) atoms. The largest absolute Gasteiger partial charge is 0.513 e. The number of benzene rings is 1. The van der Waals surface area contributed by atoms with Gasteiger partial charge in [-0.05, 0) is 44.4 Å². The highest BCUT2D eigenvalue weighted by Gasteiger charge is 2.35. The average Bonchev–Trinajstić information content (AvgIpc) is 2.76. The van der Waals surface area contributed by atoms with Crippen LogP contribution in [0.15, 0.2) is 24.0 Å². The third-order valence-electron chi connectivity index (χ3n) is 4.91. The molecule has 1 aromatic carbocycles. The molecule has 0 radical (unpaired) electrons. The van der Waals surface area contributed by atoms with Gasteiger partial charge in [0.1, 0.15) is 16.8 Å². The summed E-state index contributed by atoms with van der Waals surface area (Å²) in [5, 5.41) is -1.68. The highest BCUT2D eigenvalue weighted by molar-refractivity contribution is 7.93. The van der Waals surface area contributed by atoms with Crippen molar-refractivity contribution in [1.29, 1.82) is 0 Å². The molecule has 1 aliphatic carbocycles. The molecule has 0 saturated heterocycles. The summed E-state index contributed by atoms with van der Waals surface area (Å²) >= 11 is 6.21. The van der Waals surface area contributed by atoms with Crippen LogP contribution in [0.25, 0.3) is 0 Å². The summed E-state index contributed by atoms with van der Waals surface area (Å²) in [7, 11) is -3.06. The fraction of sp³-hybridized carbons (Fsp3) is 0.476. The van der Waals surface area contributed by atoms with Crippen LogP contribution >= 0.6 is 11.6 Å². The van der Waals surface area contributed by atoms with Gasteiger partial charge in [-0.25, -0.2) is 17.6 Å². The molecule has 0 aliphatic heterocycles. The van der Waals surface area contributed by atoms with Crippen LogP contribution in [0.1, 0.15) is 49.9 Å². The van der Waals surface area contributed by atoms with Crippen molar-refractivity contribution < 1.29 is 41.4 Å². The number of Topliss-reactive ketones (excluding diaryl/α,β-unsaturated/α-hetero) is 1. The maximum absolute atomic E-state index is 14.4. The van der Waals surface area contributed by atoms with E-state index in [-0.39, 0.29) is 30.9 Å². The Morgan fingerprint density at radius 3 is 2.64 bits per heavy atom. The normalized spacial score (nSPS) is 16.9. The number of rotatable bonds is 9. The Morgan fingerprint density at radius 2 is 2.00 bits per heavy atom. The van der Waals surface area contributed by atoms with E-state index in [9.17, 15) is 27.2 Å². The van der Waals surface area contributed by atoms with Gasteiger partial charge in [-0.15, -0.1) is 0 Å². The maximum atomic E-state index is 14.4. The molecule has 9 nitrogen and oxygen atoms in total. The molecule has 0 amide bonds. The lowest BCUT2D eigenvalue weighted by atomic mass is 9.95. The number of halogens is 2. The van der Waals surface area contributed by atoms with E-state index >= 15 is 0 Å². The molecule has 0 aromatic heterocycles. The number of allylic oxidation sites excluding steroid dienone is 1. The van der Waals surface area contributed by atoms with Crippen LogP contribution in [0.2, 0.25) is 5.02 Å². The summed E-state index contributed by atoms with van der Waals surface area (Å²) in [5.41, 5.74) is -0.775. The summed E-state index contributed by atoms with van der Waals surface area (Å²) < 4.78 is 57.1. The van der Waals surface area contributed by atoms with Crippen LogP contribution in [-0.2, 0) is 29.0 Å². The van der Waals surface area contributed by atoms with Crippen LogP contribution < -0.4 is 4.72 Å². The highest BCUT2D eigenvalue weighted by atomic mass is 35.5. The van der Waals surface area contributed by atoms with Crippen molar-refractivity contribution in [2.24, 2.45) is 5.92 Å². The number of ether oxygens (including phenoxy) is 3. The highest BCUT2D eigenvalue weighted by Crippen LogP contribution is 2.34. The Hall–Kier alpha value is -2.66. The molecule has 0 fully saturated rings. The average molecular weight is 506 g/mol. The van der Waals surface area contributed by atoms with E-state index in [0.717, 1.165) is 19.2 Å². The quantitative estimate of drug-likeness (QED) is 0.390. The summed E-state index contributed by atoms with van der Waals surface area (Å²) in [6.45, 7) is 3.03. The van der Waals surface area contributed by atoms with Crippen LogP contribution in [0.4, 0.5) is 14.9 Å². The van der Waals surface area contributed by atoms with E-state index in [1.54, 1.807) is 6.92 Å². The lowest BCUT2D eigenvalue weighted by molar-refractivity contribution is -0.141. The van der Waals surface area contributed by atoms with Gasteiger partial charge in [0.25, 0.3) is 0 Å². The molecule has 1 aliphatic rings. The van der Waals surface area contributed by atoms with Crippen LogP contribution in [-0.4, -0.2) is 45.3 Å². The zero-order chi connectivity index (χ0) is 24.8. The minimum atomic E-state index is -4.21. The SMILES string of the molecule is CCOC(=O)OC1=CCCC[C@@H]1S(=O)(=O)Nc1ccc(F)c(C(=O)C(C)CC(=O)OC)c1Cl. The van der Waals surface area contributed by atoms with Gasteiger partial charge in [0.05, 0.1) is 36.4 Å². The van der Waals surface area contributed by atoms with Gasteiger partial charge in [0.2, 0.25) is 10.0 Å². The van der Waals surface area contributed by atoms with Crippen molar-refractivity contribution >= 4 is 45.2 Å². The monoisotopic (exact) mass is 505 g/mol. The Kier molecular flexibility index (Phi) is 9.24. The lowest BCUT2D eigenvalue weighted by Gasteiger charge is -2.24. The Labute approximate surface area is 196 Å². The molecular formula is C21H25ClFNO8S. The molecule has 2 rings (SSSR count). The van der Waals surface area contributed by atoms with Gasteiger partial charge in [-0.2, -0.15) is 0 Å². The van der Waals surface area contributed by atoms with Gasteiger partial charge >= 0.3 is 12.1 Å². The number of hydrogen-bond acceptors (Lipinski definition) is 8. The van der Waals surface area contributed by atoms with Crippen molar-refractivity contribution in [3.05, 3.63) is 40.4 Å². The molecule has 1 N–H and O–H groups in total. The van der Waals surface area contributed by atoms with Crippen LogP contribution in [0.3, 0.4) is 0 Å². The van der Waals surface area contributed by atoms with Crippen molar-refractivity contribution in [2.75, 3.05) is 18.4 Å². The predicted molar refractivity (Wildman–Crippen MR) is 118 cm³/mol. The molecule has 2 atom stereocenters. The minimum absolute atomic E-state index is 0.0537. The lowest BCUT2D eigenvalue weighted by Crippen LogP contribution is -2.33. The smallest absolute Gasteiger partial charge is 0.469 e. The number of nitrogens with one attached hydrogen (secondary N) is 1. The van der Waals surface area contributed by atoms with Crippen LogP contribution in [0.5, 0.6) is 0 Å². The van der Waals surface area contributed by atoms with Gasteiger partial charge in [-0.3, -0.25) is 14.3 Å². The second-order valence-electron chi connectivity index (χ2n) is 7.29. The fourth-order valence-corrected chi connectivity index (χ4v) is 5.13. The number of hydrogen-bond donors (Lipinski definition) is 1. The van der Waals surface area contributed by atoms with Gasteiger partial charge in [-0.1, -0.05) is 18.5 Å². The van der Waals surface area contributed by atoms with Crippen LogP contribution in [0, 0.1) is 11.7 Å². The van der Waals surface area contributed by atoms with Gasteiger partial charge < -0.3 is 14.2 Å². The first-order chi connectivity index (χ1) is 15.5. The van der Waals surface area contributed by atoms with Crippen molar-refractivity contribution in [1.82, 2.24) is 0 Å².